The van der Waals surface area contributed by atoms with Gasteiger partial charge in [-0.2, -0.15) is 0 Å². The minimum atomic E-state index is -0.0966. The van der Waals surface area contributed by atoms with E-state index in [1.165, 1.54) is 4.43 Å². The topological polar surface area (TPSA) is 0 Å². The van der Waals surface area contributed by atoms with Crippen LogP contribution in [-0.4, -0.2) is 9.52 Å². The van der Waals surface area contributed by atoms with Gasteiger partial charge in [0.1, 0.15) is 0 Å². The molecule has 1 aromatic carbocycles. The first-order valence-electron chi connectivity index (χ1n) is 6.12. The third kappa shape index (κ3) is 2.72. The van der Waals surface area contributed by atoms with Crippen LogP contribution in [-0.2, 0) is 25.2 Å². The van der Waals surface area contributed by atoms with E-state index in [1.807, 2.05) is 0 Å². The van der Waals surface area contributed by atoms with Crippen molar-refractivity contribution in [1.82, 2.24) is 0 Å². The molecule has 0 heterocycles. The molecule has 1 aromatic rings. The normalized spacial score (nSPS) is 15.9. The fraction of sp³-hybridized carbons (Fsp3) is 0.333. The van der Waals surface area contributed by atoms with Gasteiger partial charge in [-0.3, -0.25) is 0 Å². The van der Waals surface area contributed by atoms with Gasteiger partial charge in [0.25, 0.3) is 0 Å². The van der Waals surface area contributed by atoms with Crippen LogP contribution in [0.5, 0.6) is 0 Å². The molecule has 0 saturated heterocycles. The molecule has 2 rings (SSSR count). The Bertz CT molecular complexity index is 458. The summed E-state index contributed by atoms with van der Waals surface area (Å²) in [6.45, 7) is 4.74. The van der Waals surface area contributed by atoms with E-state index in [9.17, 15) is 0 Å². The number of rotatable bonds is 4. The number of hydrogen-bond acceptors (Lipinski definition) is 0. The van der Waals surface area contributed by atoms with Gasteiger partial charge in [-0.1, -0.05) is 0 Å². The van der Waals surface area contributed by atoms with Crippen molar-refractivity contribution in [1.29, 1.82) is 0 Å². The zero-order chi connectivity index (χ0) is 12.3. The summed E-state index contributed by atoms with van der Waals surface area (Å²) in [5, 5.41) is 1.64. The van der Waals surface area contributed by atoms with Crippen molar-refractivity contribution in [3.05, 3.63) is 53.6 Å². The Morgan fingerprint density at radius 1 is 1.29 bits per heavy atom. The molecule has 93 valence electrons. The fourth-order valence-corrected chi connectivity index (χ4v) is 5.66. The van der Waals surface area contributed by atoms with E-state index in [0.29, 0.717) is 0 Å². The summed E-state index contributed by atoms with van der Waals surface area (Å²) in [4.78, 5) is 0. The molecular weight excluding hydrogens is 403 g/mol. The molecule has 0 bridgehead atoms. The third-order valence-corrected chi connectivity index (χ3v) is 6.63. The van der Waals surface area contributed by atoms with Gasteiger partial charge in [0, 0.05) is 0 Å². The third-order valence-electron chi connectivity index (χ3n) is 3.61. The number of hydrogen-bond donors (Lipinski definition) is 0. The Balaban J connectivity index is 2.38. The fourth-order valence-electron chi connectivity index (χ4n) is 2.52. The van der Waals surface area contributed by atoms with Gasteiger partial charge in [-0.05, 0) is 0 Å². The molecule has 0 aromatic heterocycles. The molecule has 0 fully saturated rings. The van der Waals surface area contributed by atoms with E-state index < -0.39 is 0 Å². The van der Waals surface area contributed by atoms with Crippen molar-refractivity contribution in [2.45, 2.75) is 30.1 Å². The summed E-state index contributed by atoms with van der Waals surface area (Å²) in [5.41, 5.74) is 3.30. The van der Waals surface area contributed by atoms with Gasteiger partial charge in [0.15, 0.2) is 0 Å². The summed E-state index contributed by atoms with van der Waals surface area (Å²) in [7, 11) is -0.0966. The predicted octanol–water partition coefficient (Wildman–Crippen LogP) is 2.57. The van der Waals surface area contributed by atoms with Gasteiger partial charge in [0.05, 0.1) is 0 Å². The van der Waals surface area contributed by atoms with Gasteiger partial charge in [-0.15, -0.1) is 0 Å². The van der Waals surface area contributed by atoms with E-state index in [2.05, 4.69) is 76.2 Å². The van der Waals surface area contributed by atoms with Crippen LogP contribution in [0.25, 0.3) is 0 Å². The van der Waals surface area contributed by atoms with Crippen LogP contribution in [0, 0.1) is 0 Å². The zero-order valence-corrected chi connectivity index (χ0v) is 14.2. The molecule has 17 heavy (non-hydrogen) atoms. The summed E-state index contributed by atoms with van der Waals surface area (Å²) in [6.07, 6.45) is 7.86. The van der Waals surface area contributed by atoms with E-state index in [-0.39, 0.29) is 14.9 Å². The molecule has 1 aliphatic carbocycles. The van der Waals surface area contributed by atoms with Crippen molar-refractivity contribution in [2.24, 2.45) is 0 Å². The summed E-state index contributed by atoms with van der Waals surface area (Å²) in [5.74, 6) is 0. The van der Waals surface area contributed by atoms with E-state index in [4.69, 9.17) is 0 Å². The maximum absolute atomic E-state index is 2.50. The molecule has 0 radical (unpaired) electrons. The van der Waals surface area contributed by atoms with Crippen LogP contribution in [0.3, 0.4) is 0 Å². The molecule has 0 aliphatic heterocycles. The monoisotopic (exact) mass is 422 g/mol. The minimum absolute atomic E-state index is 0.0966. The SMILES string of the molecule is CC(C)(C1=CC=CC1)c1ccccc1[SiH2][CH2][Pt]. The van der Waals surface area contributed by atoms with Crippen LogP contribution in [0.4, 0.5) is 0 Å². The van der Waals surface area contributed by atoms with E-state index >= 15 is 0 Å². The first kappa shape index (κ1) is 13.0. The van der Waals surface area contributed by atoms with E-state index in [0.717, 1.165) is 6.42 Å². The quantitative estimate of drug-likeness (QED) is 0.655. The molecule has 2 heteroatoms. The van der Waals surface area contributed by atoms with Crippen molar-refractivity contribution < 1.29 is 19.8 Å². The second kappa shape index (κ2) is 5.50. The van der Waals surface area contributed by atoms with E-state index in [1.54, 1.807) is 16.3 Å². The number of allylic oxidation sites excluding steroid dienone is 4. The molecule has 0 saturated carbocycles. The van der Waals surface area contributed by atoms with Gasteiger partial charge in [0.2, 0.25) is 0 Å². The summed E-state index contributed by atoms with van der Waals surface area (Å²) in [6, 6.07) is 9.04. The van der Waals surface area contributed by atoms with Crippen LogP contribution in [0.15, 0.2) is 48.1 Å². The van der Waals surface area contributed by atoms with Crippen molar-refractivity contribution in [3.63, 3.8) is 0 Å². The average molecular weight is 422 g/mol. The zero-order valence-electron chi connectivity index (χ0n) is 10.5. The predicted molar refractivity (Wildman–Crippen MR) is 74.3 cm³/mol. The second-order valence-electron chi connectivity index (χ2n) is 5.01. The van der Waals surface area contributed by atoms with Crippen LogP contribution < -0.4 is 5.19 Å². The Kier molecular flexibility index (Phi) is 4.22. The maximum atomic E-state index is 2.50. The van der Waals surface area contributed by atoms with Crippen molar-refractivity contribution >= 4 is 14.7 Å². The Labute approximate surface area is 118 Å². The molecule has 1 aliphatic rings. The standard InChI is InChI=1S/C15H19Si.Pt/c1-15(2,12-8-4-5-9-12)13-10-6-7-11-14(13)16-3;/h4-8,10-11H,3,9,16H2,1-2H3;. The molecule has 0 amide bonds. The Morgan fingerprint density at radius 3 is 2.71 bits per heavy atom. The first-order chi connectivity index (χ1) is 8.16. The van der Waals surface area contributed by atoms with Crippen molar-refractivity contribution in [3.8, 4) is 0 Å². The summed E-state index contributed by atoms with van der Waals surface area (Å²) < 4.78 is 1.32. The average Bonchev–Trinajstić information content (AvgIpc) is 2.84. The molecule has 0 unspecified atom stereocenters. The van der Waals surface area contributed by atoms with Crippen LogP contribution >= 0.6 is 0 Å². The Morgan fingerprint density at radius 2 is 2.06 bits per heavy atom. The molecule has 0 spiro atoms. The molecule has 0 nitrogen and oxygen atoms in total. The Hall–Kier alpha value is -0.395. The first-order valence-corrected chi connectivity index (χ1v) is 9.44. The van der Waals surface area contributed by atoms with Crippen LogP contribution in [0.2, 0.25) is 4.43 Å². The van der Waals surface area contributed by atoms with Gasteiger partial charge in [-0.25, -0.2) is 0 Å². The number of benzene rings is 1. The molecular formula is C15H19PtSi. The van der Waals surface area contributed by atoms with Crippen molar-refractivity contribution in [2.75, 3.05) is 0 Å². The van der Waals surface area contributed by atoms with Gasteiger partial charge >= 0.3 is 118 Å². The second-order valence-corrected chi connectivity index (χ2v) is 10.0. The molecule has 0 N–H and O–H groups in total. The van der Waals surface area contributed by atoms with Gasteiger partial charge < -0.3 is 0 Å². The molecule has 0 atom stereocenters. The van der Waals surface area contributed by atoms with Crippen LogP contribution in [0.1, 0.15) is 25.8 Å². The summed E-state index contributed by atoms with van der Waals surface area (Å²) >= 11 is 2.50.